The van der Waals surface area contributed by atoms with Crippen molar-refractivity contribution in [1.82, 2.24) is 10.2 Å². The van der Waals surface area contributed by atoms with Gasteiger partial charge in [-0.05, 0) is 25.3 Å². The molecule has 1 fully saturated rings. The van der Waals surface area contributed by atoms with Gasteiger partial charge in [0.2, 0.25) is 5.13 Å². The fraction of sp³-hybridized carbons (Fsp3) is 0.429. The van der Waals surface area contributed by atoms with Crippen LogP contribution in [0.1, 0.15) is 19.3 Å². The van der Waals surface area contributed by atoms with Crippen molar-refractivity contribution in [1.29, 1.82) is 0 Å². The number of anilines is 1. The van der Waals surface area contributed by atoms with E-state index in [2.05, 4.69) is 15.5 Å². The van der Waals surface area contributed by atoms with E-state index in [-0.39, 0.29) is 0 Å². The van der Waals surface area contributed by atoms with Gasteiger partial charge in [0.1, 0.15) is 0 Å². The Bertz CT molecular complexity index is 589. The third-order valence-electron chi connectivity index (χ3n) is 3.57. The molecule has 3 rings (SSSR count). The van der Waals surface area contributed by atoms with Crippen LogP contribution in [-0.2, 0) is 4.74 Å². The molecule has 1 aliphatic carbocycles. The van der Waals surface area contributed by atoms with Gasteiger partial charge in [-0.15, -0.1) is 10.2 Å². The van der Waals surface area contributed by atoms with Gasteiger partial charge >= 0.3 is 0 Å². The molecular formula is C14H16ClN3OS. The minimum absolute atomic E-state index is 0.364. The molecule has 20 heavy (non-hydrogen) atoms. The standard InChI is InChI=1S/C14H16ClN3OS/c1-19-10-7-6-9(8-10)16-14-18-17-13(20-14)11-4-2-3-5-12(11)15/h2-5,9-10H,6-8H2,1H3,(H,16,18). The Labute approximate surface area is 127 Å². The summed E-state index contributed by atoms with van der Waals surface area (Å²) in [6.07, 6.45) is 3.60. The summed E-state index contributed by atoms with van der Waals surface area (Å²) in [5.74, 6) is 0. The van der Waals surface area contributed by atoms with Gasteiger partial charge in [-0.1, -0.05) is 41.1 Å². The summed E-state index contributed by atoms with van der Waals surface area (Å²) in [6, 6.07) is 8.12. The van der Waals surface area contributed by atoms with Crippen LogP contribution >= 0.6 is 22.9 Å². The highest BCUT2D eigenvalue weighted by Crippen LogP contribution is 2.33. The quantitative estimate of drug-likeness (QED) is 0.932. The van der Waals surface area contributed by atoms with Crippen molar-refractivity contribution in [2.75, 3.05) is 12.4 Å². The summed E-state index contributed by atoms with van der Waals surface area (Å²) in [7, 11) is 1.77. The highest BCUT2D eigenvalue weighted by atomic mass is 35.5. The van der Waals surface area contributed by atoms with Gasteiger partial charge in [-0.25, -0.2) is 0 Å². The number of hydrogen-bond acceptors (Lipinski definition) is 5. The summed E-state index contributed by atoms with van der Waals surface area (Å²) in [4.78, 5) is 0. The molecule has 2 atom stereocenters. The smallest absolute Gasteiger partial charge is 0.206 e. The predicted octanol–water partition coefficient (Wildman–Crippen LogP) is 3.84. The van der Waals surface area contributed by atoms with Crippen LogP contribution in [0.4, 0.5) is 5.13 Å². The maximum atomic E-state index is 6.18. The second-order valence-corrected chi connectivity index (χ2v) is 6.29. The van der Waals surface area contributed by atoms with Crippen molar-refractivity contribution < 1.29 is 4.74 Å². The Balaban J connectivity index is 1.70. The fourth-order valence-electron chi connectivity index (χ4n) is 2.48. The maximum absolute atomic E-state index is 6.18. The highest BCUT2D eigenvalue weighted by molar-refractivity contribution is 7.18. The van der Waals surface area contributed by atoms with Gasteiger partial charge < -0.3 is 10.1 Å². The summed E-state index contributed by atoms with van der Waals surface area (Å²) < 4.78 is 5.38. The van der Waals surface area contributed by atoms with E-state index in [1.54, 1.807) is 7.11 Å². The number of ether oxygens (including phenoxy) is 1. The van der Waals surface area contributed by atoms with E-state index >= 15 is 0 Å². The number of rotatable bonds is 4. The first-order valence-corrected chi connectivity index (χ1v) is 7.83. The van der Waals surface area contributed by atoms with Crippen LogP contribution in [0.2, 0.25) is 5.02 Å². The SMILES string of the molecule is COC1CCC(Nc2nnc(-c3ccccc3Cl)s2)C1. The Morgan fingerprint density at radius 1 is 1.30 bits per heavy atom. The van der Waals surface area contributed by atoms with Crippen LogP contribution in [0, 0.1) is 0 Å². The van der Waals surface area contributed by atoms with Gasteiger partial charge in [0, 0.05) is 18.7 Å². The lowest BCUT2D eigenvalue weighted by Crippen LogP contribution is -2.17. The van der Waals surface area contributed by atoms with Crippen molar-refractivity contribution in [3.05, 3.63) is 29.3 Å². The Kier molecular flexibility index (Phi) is 4.19. The lowest BCUT2D eigenvalue weighted by molar-refractivity contribution is 0.108. The van der Waals surface area contributed by atoms with Gasteiger partial charge in [-0.3, -0.25) is 0 Å². The molecule has 1 N–H and O–H groups in total. The number of hydrogen-bond donors (Lipinski definition) is 1. The topological polar surface area (TPSA) is 47.0 Å². The molecule has 1 aromatic heterocycles. The number of methoxy groups -OCH3 is 1. The monoisotopic (exact) mass is 309 g/mol. The first-order chi connectivity index (χ1) is 9.76. The zero-order valence-electron chi connectivity index (χ0n) is 11.2. The van der Waals surface area contributed by atoms with Crippen molar-refractivity contribution >= 4 is 28.1 Å². The third-order valence-corrected chi connectivity index (χ3v) is 4.79. The highest BCUT2D eigenvalue weighted by Gasteiger charge is 2.25. The lowest BCUT2D eigenvalue weighted by Gasteiger charge is -2.10. The molecule has 1 aliphatic rings. The Morgan fingerprint density at radius 2 is 2.15 bits per heavy atom. The molecule has 0 spiro atoms. The van der Waals surface area contributed by atoms with Crippen LogP contribution < -0.4 is 5.32 Å². The minimum atomic E-state index is 0.364. The van der Waals surface area contributed by atoms with Crippen LogP contribution in [0.25, 0.3) is 10.6 Å². The summed E-state index contributed by atoms with van der Waals surface area (Å²) >= 11 is 7.72. The zero-order chi connectivity index (χ0) is 13.9. The molecule has 6 heteroatoms. The van der Waals surface area contributed by atoms with Crippen molar-refractivity contribution in [2.24, 2.45) is 0 Å². The van der Waals surface area contributed by atoms with Crippen LogP contribution in [-0.4, -0.2) is 29.5 Å². The molecule has 1 saturated carbocycles. The summed E-state index contributed by atoms with van der Waals surface area (Å²) in [5, 5.41) is 14.3. The molecule has 2 unspecified atom stereocenters. The number of nitrogens with zero attached hydrogens (tertiary/aromatic N) is 2. The van der Waals surface area contributed by atoms with Crippen molar-refractivity contribution in [3.63, 3.8) is 0 Å². The zero-order valence-corrected chi connectivity index (χ0v) is 12.7. The molecule has 0 saturated heterocycles. The molecule has 0 aliphatic heterocycles. The third kappa shape index (κ3) is 2.95. The minimum Gasteiger partial charge on any atom is -0.381 e. The molecule has 0 bridgehead atoms. The van der Waals surface area contributed by atoms with Crippen LogP contribution in [0.15, 0.2) is 24.3 Å². The average molecular weight is 310 g/mol. The normalized spacial score (nSPS) is 22.1. The van der Waals surface area contributed by atoms with E-state index in [1.165, 1.54) is 11.3 Å². The van der Waals surface area contributed by atoms with Crippen LogP contribution in [0.3, 0.4) is 0 Å². The average Bonchev–Trinajstić information content (AvgIpc) is 3.09. The lowest BCUT2D eigenvalue weighted by atomic mass is 10.2. The molecular weight excluding hydrogens is 294 g/mol. The summed E-state index contributed by atoms with van der Waals surface area (Å²) in [6.45, 7) is 0. The van der Waals surface area contributed by atoms with Gasteiger partial charge in [-0.2, -0.15) is 0 Å². The Hall–Kier alpha value is -1.17. The first kappa shape index (κ1) is 13.8. The van der Waals surface area contributed by atoms with Crippen molar-refractivity contribution in [3.8, 4) is 10.6 Å². The van der Waals surface area contributed by atoms with E-state index in [9.17, 15) is 0 Å². The second kappa shape index (κ2) is 6.08. The molecule has 1 heterocycles. The molecule has 4 nitrogen and oxygen atoms in total. The van der Waals surface area contributed by atoms with Crippen molar-refractivity contribution in [2.45, 2.75) is 31.4 Å². The molecule has 0 amide bonds. The van der Waals surface area contributed by atoms with Gasteiger partial charge in [0.15, 0.2) is 5.01 Å². The predicted molar refractivity (Wildman–Crippen MR) is 82.4 cm³/mol. The van der Waals surface area contributed by atoms with E-state index in [0.29, 0.717) is 17.2 Å². The number of aromatic nitrogens is 2. The molecule has 0 radical (unpaired) electrons. The van der Waals surface area contributed by atoms with Crippen LogP contribution in [0.5, 0.6) is 0 Å². The number of nitrogens with one attached hydrogen (secondary N) is 1. The van der Waals surface area contributed by atoms with Gasteiger partial charge in [0.05, 0.1) is 11.1 Å². The largest absolute Gasteiger partial charge is 0.381 e. The van der Waals surface area contributed by atoms with Gasteiger partial charge in [0.25, 0.3) is 0 Å². The maximum Gasteiger partial charge on any atom is 0.206 e. The first-order valence-electron chi connectivity index (χ1n) is 6.64. The van der Waals surface area contributed by atoms with E-state index in [4.69, 9.17) is 16.3 Å². The summed E-state index contributed by atoms with van der Waals surface area (Å²) in [5.41, 5.74) is 0.931. The molecule has 1 aromatic carbocycles. The molecule has 106 valence electrons. The van der Waals surface area contributed by atoms with E-state index in [1.807, 2.05) is 24.3 Å². The van der Waals surface area contributed by atoms with E-state index < -0.39 is 0 Å². The Morgan fingerprint density at radius 3 is 2.90 bits per heavy atom. The second-order valence-electron chi connectivity index (χ2n) is 4.90. The fourth-order valence-corrected chi connectivity index (χ4v) is 3.63. The number of benzene rings is 1. The van der Waals surface area contributed by atoms with E-state index in [0.717, 1.165) is 35.0 Å². The molecule has 2 aromatic rings. The number of halogens is 1.